The molecule has 1 saturated carbocycles. The first-order valence-electron chi connectivity index (χ1n) is 8.13. The van der Waals surface area contributed by atoms with E-state index in [2.05, 4.69) is 50.4 Å². The lowest BCUT2D eigenvalue weighted by molar-refractivity contribution is -0.0609. The highest BCUT2D eigenvalue weighted by Crippen LogP contribution is 2.37. The monoisotopic (exact) mass is 275 g/mol. The molecule has 112 valence electrons. The van der Waals surface area contributed by atoms with Crippen molar-refractivity contribution in [1.29, 1.82) is 0 Å². The molecule has 0 bridgehead atoms. The van der Waals surface area contributed by atoms with Crippen LogP contribution in [0.5, 0.6) is 0 Å². The molecule has 1 unspecified atom stereocenters. The van der Waals surface area contributed by atoms with Crippen LogP contribution in [0, 0.1) is 6.92 Å². The maximum absolute atomic E-state index is 6.25. The minimum absolute atomic E-state index is 0.0501. The van der Waals surface area contributed by atoms with Crippen LogP contribution in [0.3, 0.4) is 0 Å². The lowest BCUT2D eigenvalue weighted by atomic mass is 9.87. The van der Waals surface area contributed by atoms with Crippen molar-refractivity contribution < 1.29 is 4.74 Å². The zero-order valence-electron chi connectivity index (χ0n) is 13.2. The first-order chi connectivity index (χ1) is 9.70. The predicted molar refractivity (Wildman–Crippen MR) is 85.2 cm³/mol. The van der Waals surface area contributed by atoms with E-state index in [1.54, 1.807) is 0 Å². The van der Waals surface area contributed by atoms with E-state index in [1.165, 1.54) is 36.8 Å². The topological polar surface area (TPSA) is 21.3 Å². The van der Waals surface area contributed by atoms with E-state index < -0.39 is 0 Å². The molecule has 2 nitrogen and oxygen atoms in total. The van der Waals surface area contributed by atoms with Gasteiger partial charge in [-0.1, -0.05) is 49.6 Å². The number of nitrogens with one attached hydrogen (secondary N) is 1. The largest absolute Gasteiger partial charge is 0.374 e. The van der Waals surface area contributed by atoms with Crippen molar-refractivity contribution in [1.82, 2.24) is 5.32 Å². The Kier molecular flexibility index (Phi) is 5.62. The summed E-state index contributed by atoms with van der Waals surface area (Å²) in [7, 11) is 0. The Bertz CT molecular complexity index is 410. The van der Waals surface area contributed by atoms with Crippen molar-refractivity contribution in [3.05, 3.63) is 35.4 Å². The number of benzene rings is 1. The summed E-state index contributed by atoms with van der Waals surface area (Å²) in [4.78, 5) is 0. The van der Waals surface area contributed by atoms with E-state index in [4.69, 9.17) is 4.74 Å². The quantitative estimate of drug-likeness (QED) is 0.815. The Morgan fingerprint density at radius 2 is 2.00 bits per heavy atom. The van der Waals surface area contributed by atoms with Crippen LogP contribution in [-0.2, 0) is 11.2 Å². The summed E-state index contributed by atoms with van der Waals surface area (Å²) in [5, 5.41) is 3.69. The maximum atomic E-state index is 6.25. The first-order valence-corrected chi connectivity index (χ1v) is 8.13. The van der Waals surface area contributed by atoms with Crippen molar-refractivity contribution >= 4 is 0 Å². The summed E-state index contributed by atoms with van der Waals surface area (Å²) in [5.41, 5.74) is 2.81. The standard InChI is InChI=1S/C18H29NO/c1-4-19-17(14-16-10-8-9-15(3)13-16)18(20-5-2)11-6-7-12-18/h8-10,13,17,19H,4-7,11-12,14H2,1-3H3. The summed E-state index contributed by atoms with van der Waals surface area (Å²) < 4.78 is 6.25. The summed E-state index contributed by atoms with van der Waals surface area (Å²) in [6.45, 7) is 8.30. The van der Waals surface area contributed by atoms with Crippen LogP contribution < -0.4 is 5.32 Å². The van der Waals surface area contributed by atoms with Crippen LogP contribution >= 0.6 is 0 Å². The number of rotatable bonds is 7. The number of hydrogen-bond acceptors (Lipinski definition) is 2. The van der Waals surface area contributed by atoms with Crippen LogP contribution in [0.25, 0.3) is 0 Å². The molecule has 20 heavy (non-hydrogen) atoms. The van der Waals surface area contributed by atoms with Gasteiger partial charge >= 0.3 is 0 Å². The number of ether oxygens (including phenoxy) is 1. The van der Waals surface area contributed by atoms with E-state index in [0.717, 1.165) is 19.6 Å². The smallest absolute Gasteiger partial charge is 0.0837 e. The van der Waals surface area contributed by atoms with Gasteiger partial charge in [-0.25, -0.2) is 0 Å². The van der Waals surface area contributed by atoms with Crippen LogP contribution in [0.1, 0.15) is 50.7 Å². The fraction of sp³-hybridized carbons (Fsp3) is 0.667. The first kappa shape index (κ1) is 15.5. The molecule has 0 radical (unpaired) electrons. The van der Waals surface area contributed by atoms with Gasteiger partial charge in [0.25, 0.3) is 0 Å². The minimum atomic E-state index is 0.0501. The highest BCUT2D eigenvalue weighted by Gasteiger charge is 2.41. The van der Waals surface area contributed by atoms with E-state index in [1.807, 2.05) is 0 Å². The summed E-state index contributed by atoms with van der Waals surface area (Å²) in [6.07, 6.45) is 6.07. The molecule has 0 heterocycles. The zero-order chi connectivity index (χ0) is 14.4. The lowest BCUT2D eigenvalue weighted by Crippen LogP contribution is -2.52. The Labute approximate surface area is 123 Å². The van der Waals surface area contributed by atoms with Crippen LogP contribution in [-0.4, -0.2) is 24.8 Å². The summed E-state index contributed by atoms with van der Waals surface area (Å²) in [5.74, 6) is 0. The molecule has 1 aromatic rings. The van der Waals surface area contributed by atoms with Crippen LogP contribution in [0.15, 0.2) is 24.3 Å². The molecule has 1 aromatic carbocycles. The zero-order valence-corrected chi connectivity index (χ0v) is 13.2. The van der Waals surface area contributed by atoms with E-state index >= 15 is 0 Å². The van der Waals surface area contributed by atoms with Crippen molar-refractivity contribution in [2.45, 2.75) is 64.5 Å². The molecule has 0 spiro atoms. The van der Waals surface area contributed by atoms with Gasteiger partial charge in [-0.15, -0.1) is 0 Å². The lowest BCUT2D eigenvalue weighted by Gasteiger charge is -2.38. The van der Waals surface area contributed by atoms with Gasteiger partial charge in [-0.3, -0.25) is 0 Å². The van der Waals surface area contributed by atoms with Crippen molar-refractivity contribution in [3.8, 4) is 0 Å². The normalized spacial score (nSPS) is 19.1. The van der Waals surface area contributed by atoms with Gasteiger partial charge in [0.2, 0.25) is 0 Å². The molecule has 1 aliphatic rings. The van der Waals surface area contributed by atoms with Crippen molar-refractivity contribution in [2.75, 3.05) is 13.2 Å². The molecule has 0 aliphatic heterocycles. The maximum Gasteiger partial charge on any atom is 0.0837 e. The third-order valence-electron chi connectivity index (χ3n) is 4.49. The number of likely N-dealkylation sites (N-methyl/N-ethyl adjacent to an activating group) is 1. The van der Waals surface area contributed by atoms with Gasteiger partial charge < -0.3 is 10.1 Å². The van der Waals surface area contributed by atoms with Gasteiger partial charge in [0.05, 0.1) is 5.60 Å². The van der Waals surface area contributed by atoms with Crippen molar-refractivity contribution in [2.24, 2.45) is 0 Å². The van der Waals surface area contributed by atoms with Crippen molar-refractivity contribution in [3.63, 3.8) is 0 Å². The molecule has 1 aliphatic carbocycles. The van der Waals surface area contributed by atoms with Crippen LogP contribution in [0.4, 0.5) is 0 Å². The Morgan fingerprint density at radius 1 is 1.25 bits per heavy atom. The Morgan fingerprint density at radius 3 is 2.60 bits per heavy atom. The van der Waals surface area contributed by atoms with Gasteiger partial charge in [0.1, 0.15) is 0 Å². The molecule has 0 saturated heterocycles. The van der Waals surface area contributed by atoms with Gasteiger partial charge in [-0.05, 0) is 45.2 Å². The number of hydrogen-bond donors (Lipinski definition) is 1. The molecule has 0 amide bonds. The third-order valence-corrected chi connectivity index (χ3v) is 4.49. The second kappa shape index (κ2) is 7.24. The summed E-state index contributed by atoms with van der Waals surface area (Å²) >= 11 is 0. The molecule has 1 N–H and O–H groups in total. The van der Waals surface area contributed by atoms with E-state index in [0.29, 0.717) is 6.04 Å². The average molecular weight is 275 g/mol. The second-order valence-electron chi connectivity index (χ2n) is 6.01. The molecular formula is C18H29NO. The second-order valence-corrected chi connectivity index (χ2v) is 6.01. The molecular weight excluding hydrogens is 246 g/mol. The fourth-order valence-electron chi connectivity index (χ4n) is 3.62. The van der Waals surface area contributed by atoms with E-state index in [9.17, 15) is 0 Å². The van der Waals surface area contributed by atoms with Gasteiger partial charge in [0.15, 0.2) is 0 Å². The SMILES string of the molecule is CCNC(Cc1cccc(C)c1)C1(OCC)CCCC1. The van der Waals surface area contributed by atoms with E-state index in [-0.39, 0.29) is 5.60 Å². The Hall–Kier alpha value is -0.860. The molecule has 0 aromatic heterocycles. The van der Waals surface area contributed by atoms with Crippen LogP contribution in [0.2, 0.25) is 0 Å². The van der Waals surface area contributed by atoms with Gasteiger partial charge in [0, 0.05) is 12.6 Å². The molecule has 1 atom stereocenters. The highest BCUT2D eigenvalue weighted by atomic mass is 16.5. The highest BCUT2D eigenvalue weighted by molar-refractivity contribution is 5.24. The minimum Gasteiger partial charge on any atom is -0.374 e. The summed E-state index contributed by atoms with van der Waals surface area (Å²) in [6, 6.07) is 9.30. The molecule has 1 fully saturated rings. The average Bonchev–Trinajstić information content (AvgIpc) is 2.89. The fourth-order valence-corrected chi connectivity index (χ4v) is 3.62. The molecule has 2 rings (SSSR count). The van der Waals surface area contributed by atoms with Gasteiger partial charge in [-0.2, -0.15) is 0 Å². The third kappa shape index (κ3) is 3.62. The number of aryl methyl sites for hydroxylation is 1. The predicted octanol–water partition coefficient (Wildman–Crippen LogP) is 3.86. The molecule has 2 heteroatoms. The Balaban J connectivity index is 2.16.